The number of piperidine rings is 1. The molecule has 0 saturated carbocycles. The van der Waals surface area contributed by atoms with Crippen LogP contribution in [0.4, 0.5) is 0 Å². The third kappa shape index (κ3) is 4.35. The van der Waals surface area contributed by atoms with Crippen LogP contribution < -0.4 is 5.32 Å². The quantitative estimate of drug-likeness (QED) is 0.901. The summed E-state index contributed by atoms with van der Waals surface area (Å²) in [6.45, 7) is 4.97. The number of rotatable bonds is 4. The van der Waals surface area contributed by atoms with Crippen LogP contribution >= 0.6 is 0 Å². The lowest BCUT2D eigenvalue weighted by molar-refractivity contribution is -0.122. The van der Waals surface area contributed by atoms with Gasteiger partial charge in [-0.05, 0) is 56.9 Å². The number of nitrogens with one attached hydrogen (secondary N) is 1. The van der Waals surface area contributed by atoms with Gasteiger partial charge in [-0.3, -0.25) is 4.79 Å². The summed E-state index contributed by atoms with van der Waals surface area (Å²) in [5.41, 5.74) is 2.45. The molecule has 0 unspecified atom stereocenters. The molecule has 1 aromatic rings. The molecule has 0 spiro atoms. The molecule has 1 saturated heterocycles. The van der Waals surface area contributed by atoms with Gasteiger partial charge in [-0.15, -0.1) is 0 Å². The van der Waals surface area contributed by atoms with Gasteiger partial charge in [0, 0.05) is 13.0 Å². The molecule has 104 valence electrons. The van der Waals surface area contributed by atoms with E-state index in [0.29, 0.717) is 18.9 Å². The molecule has 3 nitrogen and oxygen atoms in total. The van der Waals surface area contributed by atoms with E-state index >= 15 is 0 Å². The van der Waals surface area contributed by atoms with Crippen LogP contribution in [-0.4, -0.2) is 30.9 Å². The zero-order valence-electron chi connectivity index (χ0n) is 12.0. The second-order valence-electron chi connectivity index (χ2n) is 5.65. The number of carbonyl (C=O) groups excluding carboxylic acids is 1. The SMILES string of the molecule is Cc1ccccc1CNC(=O)CC1CCN(C)CC1. The minimum Gasteiger partial charge on any atom is -0.352 e. The van der Waals surface area contributed by atoms with Crippen molar-refractivity contribution in [3.8, 4) is 0 Å². The highest BCUT2D eigenvalue weighted by Gasteiger charge is 2.19. The summed E-state index contributed by atoms with van der Waals surface area (Å²) in [5.74, 6) is 0.755. The lowest BCUT2D eigenvalue weighted by Gasteiger charge is -2.28. The van der Waals surface area contributed by atoms with Crippen molar-refractivity contribution in [3.05, 3.63) is 35.4 Å². The molecule has 1 aromatic carbocycles. The summed E-state index contributed by atoms with van der Waals surface area (Å²) in [5, 5.41) is 3.05. The fraction of sp³-hybridized carbons (Fsp3) is 0.562. The number of nitrogens with zero attached hydrogens (tertiary/aromatic N) is 1. The van der Waals surface area contributed by atoms with Crippen LogP contribution in [-0.2, 0) is 11.3 Å². The first-order chi connectivity index (χ1) is 9.15. The van der Waals surface area contributed by atoms with Gasteiger partial charge in [0.2, 0.25) is 5.91 Å². The lowest BCUT2D eigenvalue weighted by Crippen LogP contribution is -2.33. The van der Waals surface area contributed by atoms with Crippen molar-refractivity contribution in [2.24, 2.45) is 5.92 Å². The van der Waals surface area contributed by atoms with Crippen LogP contribution in [0.3, 0.4) is 0 Å². The van der Waals surface area contributed by atoms with Gasteiger partial charge >= 0.3 is 0 Å². The van der Waals surface area contributed by atoms with Gasteiger partial charge in [0.15, 0.2) is 0 Å². The maximum atomic E-state index is 12.0. The van der Waals surface area contributed by atoms with Gasteiger partial charge in [0.1, 0.15) is 0 Å². The molecule has 0 radical (unpaired) electrons. The Kier molecular flexibility index (Phi) is 4.97. The highest BCUT2D eigenvalue weighted by molar-refractivity contribution is 5.76. The summed E-state index contributed by atoms with van der Waals surface area (Å²) in [7, 11) is 2.15. The third-order valence-corrected chi connectivity index (χ3v) is 4.05. The van der Waals surface area contributed by atoms with Gasteiger partial charge in [-0.1, -0.05) is 24.3 Å². The summed E-state index contributed by atoms with van der Waals surface area (Å²) in [6.07, 6.45) is 2.97. The Labute approximate surface area is 116 Å². The predicted octanol–water partition coefficient (Wildman–Crippen LogP) is 2.34. The minimum atomic E-state index is 0.192. The van der Waals surface area contributed by atoms with Crippen LogP contribution in [0.1, 0.15) is 30.4 Å². The molecule has 19 heavy (non-hydrogen) atoms. The van der Waals surface area contributed by atoms with Crippen molar-refractivity contribution in [1.29, 1.82) is 0 Å². The molecule has 0 aromatic heterocycles. The van der Waals surface area contributed by atoms with Gasteiger partial charge in [-0.25, -0.2) is 0 Å². The summed E-state index contributed by atoms with van der Waals surface area (Å²) in [6, 6.07) is 8.20. The first-order valence-corrected chi connectivity index (χ1v) is 7.15. The lowest BCUT2D eigenvalue weighted by atomic mass is 9.93. The van der Waals surface area contributed by atoms with E-state index in [0.717, 1.165) is 25.9 Å². The molecule has 0 atom stereocenters. The van der Waals surface area contributed by atoms with Crippen LogP contribution in [0.2, 0.25) is 0 Å². The van der Waals surface area contributed by atoms with Gasteiger partial charge in [0.05, 0.1) is 0 Å². The second-order valence-corrected chi connectivity index (χ2v) is 5.65. The Morgan fingerprint density at radius 3 is 2.68 bits per heavy atom. The summed E-state index contributed by atoms with van der Waals surface area (Å²) >= 11 is 0. The van der Waals surface area contributed by atoms with Gasteiger partial charge in [0.25, 0.3) is 0 Å². The number of carbonyl (C=O) groups is 1. The van der Waals surface area contributed by atoms with Gasteiger partial charge < -0.3 is 10.2 Å². The number of likely N-dealkylation sites (tertiary alicyclic amines) is 1. The third-order valence-electron chi connectivity index (χ3n) is 4.05. The van der Waals surface area contributed by atoms with Crippen molar-refractivity contribution in [3.63, 3.8) is 0 Å². The summed E-state index contributed by atoms with van der Waals surface area (Å²) < 4.78 is 0. The highest BCUT2D eigenvalue weighted by Crippen LogP contribution is 2.19. The molecule has 1 heterocycles. The van der Waals surface area contributed by atoms with E-state index in [1.54, 1.807) is 0 Å². The number of hydrogen-bond acceptors (Lipinski definition) is 2. The van der Waals surface area contributed by atoms with Crippen molar-refractivity contribution < 1.29 is 4.79 Å². The average Bonchev–Trinajstić information content (AvgIpc) is 2.40. The zero-order valence-corrected chi connectivity index (χ0v) is 12.0. The average molecular weight is 260 g/mol. The van der Waals surface area contributed by atoms with Crippen LogP contribution in [0.15, 0.2) is 24.3 Å². The molecule has 0 bridgehead atoms. The van der Waals surface area contributed by atoms with Crippen LogP contribution in [0, 0.1) is 12.8 Å². The molecular weight excluding hydrogens is 236 g/mol. The molecule has 2 rings (SSSR count). The molecular formula is C16H24N2O. The largest absolute Gasteiger partial charge is 0.352 e. The number of benzene rings is 1. The standard InChI is InChI=1S/C16H24N2O/c1-13-5-3-4-6-15(13)12-17-16(19)11-14-7-9-18(2)10-8-14/h3-6,14H,7-12H2,1-2H3,(H,17,19). The van der Waals surface area contributed by atoms with Crippen molar-refractivity contribution >= 4 is 5.91 Å². The maximum absolute atomic E-state index is 12.0. The van der Waals surface area contributed by atoms with E-state index < -0.39 is 0 Å². The molecule has 1 N–H and O–H groups in total. The molecule has 1 aliphatic heterocycles. The Morgan fingerprint density at radius 2 is 2.00 bits per heavy atom. The first kappa shape index (κ1) is 14.1. The smallest absolute Gasteiger partial charge is 0.220 e. The Balaban J connectivity index is 1.74. The monoisotopic (exact) mass is 260 g/mol. The van der Waals surface area contributed by atoms with E-state index in [1.807, 2.05) is 12.1 Å². The maximum Gasteiger partial charge on any atom is 0.220 e. The van der Waals surface area contributed by atoms with E-state index in [-0.39, 0.29) is 5.91 Å². The minimum absolute atomic E-state index is 0.192. The highest BCUT2D eigenvalue weighted by atomic mass is 16.1. The topological polar surface area (TPSA) is 32.3 Å². The van der Waals surface area contributed by atoms with E-state index in [2.05, 4.69) is 36.3 Å². The fourth-order valence-electron chi connectivity index (χ4n) is 2.60. The molecule has 3 heteroatoms. The number of amides is 1. The van der Waals surface area contributed by atoms with Crippen molar-refractivity contribution in [2.75, 3.05) is 20.1 Å². The number of aryl methyl sites for hydroxylation is 1. The normalized spacial score (nSPS) is 17.4. The molecule has 0 aliphatic carbocycles. The summed E-state index contributed by atoms with van der Waals surface area (Å²) in [4.78, 5) is 14.3. The second kappa shape index (κ2) is 6.71. The zero-order chi connectivity index (χ0) is 13.7. The molecule has 1 fully saturated rings. The molecule has 1 aliphatic rings. The van der Waals surface area contributed by atoms with E-state index in [9.17, 15) is 4.79 Å². The van der Waals surface area contributed by atoms with E-state index in [4.69, 9.17) is 0 Å². The van der Waals surface area contributed by atoms with Crippen molar-refractivity contribution in [2.45, 2.75) is 32.7 Å². The van der Waals surface area contributed by atoms with E-state index in [1.165, 1.54) is 11.1 Å². The molecule has 1 amide bonds. The predicted molar refractivity (Wildman–Crippen MR) is 77.9 cm³/mol. The van der Waals surface area contributed by atoms with Crippen LogP contribution in [0.5, 0.6) is 0 Å². The van der Waals surface area contributed by atoms with Crippen molar-refractivity contribution in [1.82, 2.24) is 10.2 Å². The van der Waals surface area contributed by atoms with Gasteiger partial charge in [-0.2, -0.15) is 0 Å². The first-order valence-electron chi connectivity index (χ1n) is 7.15. The fourth-order valence-corrected chi connectivity index (χ4v) is 2.60. The Hall–Kier alpha value is -1.35. The Bertz CT molecular complexity index is 423. The van der Waals surface area contributed by atoms with Crippen LogP contribution in [0.25, 0.3) is 0 Å². The number of hydrogen-bond donors (Lipinski definition) is 1. The Morgan fingerprint density at radius 1 is 1.32 bits per heavy atom.